The van der Waals surface area contributed by atoms with Crippen molar-refractivity contribution < 1.29 is 25.2 Å². The van der Waals surface area contributed by atoms with E-state index in [4.69, 9.17) is 0 Å². The predicted octanol–water partition coefficient (Wildman–Crippen LogP) is 13.7. The van der Waals surface area contributed by atoms with E-state index in [2.05, 4.69) is 159 Å². The van der Waals surface area contributed by atoms with Crippen LogP contribution in [0.25, 0.3) is 32.3 Å². The lowest BCUT2D eigenvalue weighted by molar-refractivity contribution is 0.402. The van der Waals surface area contributed by atoms with Crippen LogP contribution in [0.3, 0.4) is 0 Å². The Labute approximate surface area is 342 Å². The largest absolute Gasteiger partial charge is 0.274 e. The van der Waals surface area contributed by atoms with Gasteiger partial charge in [0.25, 0.3) is 20.2 Å². The zero-order valence-electron chi connectivity index (χ0n) is 37.7. The van der Waals surface area contributed by atoms with E-state index in [9.17, 15) is 16.8 Å². The van der Waals surface area contributed by atoms with Crippen molar-refractivity contribution in [2.45, 2.75) is 96.9 Å². The molecule has 0 saturated carbocycles. The van der Waals surface area contributed by atoms with E-state index in [0.29, 0.717) is 0 Å². The minimum absolute atomic E-state index is 0.993. The van der Waals surface area contributed by atoms with E-state index >= 15 is 0 Å². The molecule has 0 aromatic heterocycles. The second-order valence-corrected chi connectivity index (χ2v) is 15.2. The molecule has 0 aliphatic heterocycles. The molecule has 0 spiro atoms. The van der Waals surface area contributed by atoms with Gasteiger partial charge < -0.3 is 0 Å². The van der Waals surface area contributed by atoms with Gasteiger partial charge in [-0.2, -0.15) is 16.8 Å². The van der Waals surface area contributed by atoms with Gasteiger partial charge in [0.1, 0.15) is 0 Å². The molecule has 0 aliphatic rings. The predicted molar refractivity (Wildman–Crippen MR) is 249 cm³/mol. The maximum Gasteiger partial charge on any atom is 0.264 e. The summed E-state index contributed by atoms with van der Waals surface area (Å²) in [6.45, 7) is 28.8. The zero-order valence-corrected chi connectivity index (χ0v) is 39.3. The molecule has 0 aliphatic carbocycles. The fourth-order valence-corrected chi connectivity index (χ4v) is 4.57. The molecule has 0 amide bonds. The average molecular weight is 809 g/mol. The van der Waals surface area contributed by atoms with Gasteiger partial charge in [-0.05, 0) is 85.0 Å². The van der Waals surface area contributed by atoms with Crippen LogP contribution in [-0.4, -0.2) is 43.6 Å². The van der Waals surface area contributed by atoms with Crippen molar-refractivity contribution in [3.8, 4) is 0 Å². The van der Waals surface area contributed by atoms with Gasteiger partial charge in [-0.3, -0.25) is 8.37 Å². The Kier molecular flexibility index (Phi) is 31.2. The first-order chi connectivity index (χ1) is 26.4. The van der Waals surface area contributed by atoms with Crippen molar-refractivity contribution >= 4 is 52.6 Å². The molecular weight excluding hydrogens is 737 g/mol. The smallest absolute Gasteiger partial charge is 0.264 e. The van der Waals surface area contributed by atoms with Crippen LogP contribution >= 0.6 is 0 Å². The second kappa shape index (κ2) is 31.1. The van der Waals surface area contributed by atoms with Gasteiger partial charge in [0.15, 0.2) is 0 Å². The van der Waals surface area contributed by atoms with Crippen molar-refractivity contribution in [2.75, 3.05) is 26.7 Å². The molecule has 0 fully saturated rings. The Morgan fingerprint density at radius 2 is 0.589 bits per heavy atom. The first-order valence-electron chi connectivity index (χ1n) is 19.3. The van der Waals surface area contributed by atoms with Gasteiger partial charge in [-0.25, -0.2) is 0 Å². The number of benzene rings is 6. The lowest BCUT2D eigenvalue weighted by Crippen LogP contribution is -1.95. The van der Waals surface area contributed by atoms with Crippen molar-refractivity contribution in [1.82, 2.24) is 0 Å². The molecule has 6 aromatic carbocycles. The van der Waals surface area contributed by atoms with Gasteiger partial charge in [0.05, 0.1) is 26.7 Å². The van der Waals surface area contributed by atoms with Gasteiger partial charge in [0, 0.05) is 0 Å². The van der Waals surface area contributed by atoms with E-state index in [-0.39, 0.29) is 0 Å². The SMILES string of the molecule is CC.CC.CC.CC.COS(C)(=O)=O.COS(C)(=O)=O.Cc1ccc(C)c2ccccc12.Cc1ccc2cc(C)ccc2c1.Cc1ccc2ccc(C)cc2c1. The molecule has 6 nitrogen and oxygen atoms in total. The summed E-state index contributed by atoms with van der Waals surface area (Å²) in [6, 6.07) is 39.1. The van der Waals surface area contributed by atoms with Gasteiger partial charge in [-0.15, -0.1) is 0 Å². The van der Waals surface area contributed by atoms with E-state index in [0.717, 1.165) is 26.7 Å². The third-order valence-corrected chi connectivity index (χ3v) is 8.48. The molecule has 6 rings (SSSR count). The lowest BCUT2D eigenvalue weighted by Gasteiger charge is -2.03. The number of aryl methyl sites for hydroxylation is 6. The first-order valence-corrected chi connectivity index (χ1v) is 23.0. The lowest BCUT2D eigenvalue weighted by atomic mass is 10.0. The molecule has 6 aromatic rings. The highest BCUT2D eigenvalue weighted by Gasteiger charge is 1.98. The summed E-state index contributed by atoms with van der Waals surface area (Å²) in [5.41, 5.74) is 8.02. The fourth-order valence-electron chi connectivity index (χ4n) is 4.57. The molecule has 0 radical (unpaired) electrons. The number of fused-ring (bicyclic) bond motifs is 3. The van der Waals surface area contributed by atoms with Crippen LogP contribution in [0, 0.1) is 41.5 Å². The Bertz CT molecular complexity index is 2020. The van der Waals surface area contributed by atoms with Gasteiger partial charge >= 0.3 is 0 Å². The van der Waals surface area contributed by atoms with Crippen LogP contribution in [0.4, 0.5) is 0 Å². The third kappa shape index (κ3) is 24.4. The molecule has 8 heteroatoms. The summed E-state index contributed by atoms with van der Waals surface area (Å²) in [5.74, 6) is 0. The Morgan fingerprint density at radius 3 is 0.839 bits per heavy atom. The quantitative estimate of drug-likeness (QED) is 0.162. The first kappa shape index (κ1) is 56.3. The minimum atomic E-state index is -3.16. The Morgan fingerprint density at radius 1 is 0.357 bits per heavy atom. The topological polar surface area (TPSA) is 86.7 Å². The summed E-state index contributed by atoms with van der Waals surface area (Å²) in [6.07, 6.45) is 1.99. The molecule has 0 atom stereocenters. The standard InChI is InChI=1S/3C12H12.2C2H6O3S.4C2H6/c1-9-3-5-12-8-10(2)4-6-11(12)7-9;1-9-3-5-11-6-4-10(2)8-12(11)7-9;1-9-7-8-10(2)12-6-4-3-5-11(9)12;2*1-5-6(2,3)4;4*1-2/h3*3-8H,1-2H3;2*1-2H3;4*1-2H3. The molecule has 0 saturated heterocycles. The van der Waals surface area contributed by atoms with E-state index < -0.39 is 20.2 Å². The molecule has 56 heavy (non-hydrogen) atoms. The normalized spacial score (nSPS) is 9.68. The summed E-state index contributed by atoms with van der Waals surface area (Å²) in [7, 11) is -4.08. The van der Waals surface area contributed by atoms with Crippen LogP contribution < -0.4 is 0 Å². The molecule has 0 bridgehead atoms. The van der Waals surface area contributed by atoms with Crippen LogP contribution in [0.15, 0.2) is 109 Å². The van der Waals surface area contributed by atoms with Crippen molar-refractivity contribution in [1.29, 1.82) is 0 Å². The van der Waals surface area contributed by atoms with Crippen LogP contribution in [0.1, 0.15) is 88.8 Å². The fraction of sp³-hybridized carbons (Fsp3) is 0.375. The molecule has 312 valence electrons. The maximum atomic E-state index is 9.78. The van der Waals surface area contributed by atoms with Crippen LogP contribution in [-0.2, 0) is 28.6 Å². The maximum absolute atomic E-state index is 9.78. The van der Waals surface area contributed by atoms with E-state index in [1.807, 2.05) is 55.4 Å². The van der Waals surface area contributed by atoms with Crippen molar-refractivity contribution in [2.24, 2.45) is 0 Å². The molecule has 0 heterocycles. The summed E-state index contributed by atoms with van der Waals surface area (Å²) in [5, 5.41) is 8.08. The van der Waals surface area contributed by atoms with Gasteiger partial charge in [0.2, 0.25) is 0 Å². The number of rotatable bonds is 2. The third-order valence-electron chi connectivity index (χ3n) is 7.27. The Balaban J connectivity index is -0.000000615. The minimum Gasteiger partial charge on any atom is -0.274 e. The summed E-state index contributed by atoms with van der Waals surface area (Å²) >= 11 is 0. The zero-order chi connectivity index (χ0) is 44.1. The number of hydrogen-bond donors (Lipinski definition) is 0. The highest BCUT2D eigenvalue weighted by atomic mass is 32.2. The summed E-state index contributed by atoms with van der Waals surface area (Å²) < 4.78 is 46.9. The van der Waals surface area contributed by atoms with E-state index in [1.54, 1.807) is 0 Å². The average Bonchev–Trinajstić information content (AvgIpc) is 3.20. The molecular formula is C48H72O6S2. The highest BCUT2D eigenvalue weighted by Crippen LogP contribution is 2.21. The number of hydrogen-bond acceptors (Lipinski definition) is 6. The van der Waals surface area contributed by atoms with Crippen LogP contribution in [0.2, 0.25) is 0 Å². The highest BCUT2D eigenvalue weighted by molar-refractivity contribution is 7.86. The molecule has 0 unspecified atom stereocenters. The summed E-state index contributed by atoms with van der Waals surface area (Å²) in [4.78, 5) is 0. The monoisotopic (exact) mass is 808 g/mol. The van der Waals surface area contributed by atoms with E-state index in [1.165, 1.54) is 65.7 Å². The Hall–Kier alpha value is -4.08. The van der Waals surface area contributed by atoms with Crippen LogP contribution in [0.5, 0.6) is 0 Å². The van der Waals surface area contributed by atoms with Crippen molar-refractivity contribution in [3.05, 3.63) is 143 Å². The van der Waals surface area contributed by atoms with Gasteiger partial charge in [-0.1, -0.05) is 187 Å². The van der Waals surface area contributed by atoms with Crippen molar-refractivity contribution in [3.63, 3.8) is 0 Å². The molecule has 0 N–H and O–H groups in total. The second-order valence-electron chi connectivity index (χ2n) is 11.7.